The Kier molecular flexibility index (Phi) is 11.5. The molecule has 0 saturated heterocycles. The Hall–Kier alpha value is -3.17. The zero-order chi connectivity index (χ0) is 22.4. The number of aliphatic carboxylic acids is 2. The molecule has 2 aromatic rings. The number of methoxy groups -OCH3 is 1. The van der Waals surface area contributed by atoms with Crippen LogP contribution in [-0.4, -0.2) is 54.1 Å². The molecule has 2 aromatic carbocycles. The van der Waals surface area contributed by atoms with Gasteiger partial charge >= 0.3 is 11.9 Å². The molecule has 0 aromatic heterocycles. The number of aliphatic hydroxyl groups excluding tert-OH is 1. The third-order valence-electron chi connectivity index (χ3n) is 3.87. The van der Waals surface area contributed by atoms with Gasteiger partial charge in [0.25, 0.3) is 0 Å². The van der Waals surface area contributed by atoms with E-state index in [4.69, 9.17) is 29.3 Å². The molecular formula is C21H26FNO7. The van der Waals surface area contributed by atoms with Crippen molar-refractivity contribution in [3.63, 3.8) is 0 Å². The number of halogens is 1. The van der Waals surface area contributed by atoms with Crippen LogP contribution in [0.4, 0.5) is 4.39 Å². The van der Waals surface area contributed by atoms with E-state index in [0.717, 1.165) is 30.0 Å². The van der Waals surface area contributed by atoms with Crippen molar-refractivity contribution in [3.8, 4) is 11.5 Å². The molecule has 0 amide bonds. The molecule has 0 aliphatic rings. The molecule has 9 heteroatoms. The van der Waals surface area contributed by atoms with Crippen LogP contribution in [-0.2, 0) is 9.59 Å². The molecule has 164 valence electrons. The Labute approximate surface area is 173 Å². The topological polar surface area (TPSA) is 125 Å². The van der Waals surface area contributed by atoms with Crippen LogP contribution in [0.15, 0.2) is 48.5 Å². The van der Waals surface area contributed by atoms with Gasteiger partial charge < -0.3 is 30.1 Å². The van der Waals surface area contributed by atoms with Gasteiger partial charge in [-0.2, -0.15) is 0 Å². The molecular weight excluding hydrogens is 397 g/mol. The van der Waals surface area contributed by atoms with Gasteiger partial charge in [-0.3, -0.25) is 0 Å². The Morgan fingerprint density at radius 3 is 2.17 bits per heavy atom. The van der Waals surface area contributed by atoms with Gasteiger partial charge in [0.1, 0.15) is 12.4 Å². The maximum atomic E-state index is 12.8. The predicted octanol–water partition coefficient (Wildman–Crippen LogP) is 2.47. The third kappa shape index (κ3) is 9.85. The van der Waals surface area contributed by atoms with Gasteiger partial charge in [-0.05, 0) is 49.2 Å². The van der Waals surface area contributed by atoms with Crippen LogP contribution in [0.5, 0.6) is 11.5 Å². The summed E-state index contributed by atoms with van der Waals surface area (Å²) in [5.74, 6) is -2.49. The Morgan fingerprint density at radius 2 is 1.60 bits per heavy atom. The summed E-state index contributed by atoms with van der Waals surface area (Å²) in [4.78, 5) is 18.2. The van der Waals surface area contributed by atoms with E-state index in [1.54, 1.807) is 19.2 Å². The minimum absolute atomic E-state index is 0.289. The summed E-state index contributed by atoms with van der Waals surface area (Å²) in [7, 11) is 1.62. The number of para-hydroxylation sites is 2. The van der Waals surface area contributed by atoms with E-state index in [0.29, 0.717) is 19.6 Å². The number of aliphatic hydroxyl groups is 1. The van der Waals surface area contributed by atoms with Crippen LogP contribution in [0.1, 0.15) is 24.5 Å². The van der Waals surface area contributed by atoms with Gasteiger partial charge in [-0.25, -0.2) is 14.0 Å². The second kappa shape index (κ2) is 13.9. The first kappa shape index (κ1) is 24.9. The minimum atomic E-state index is -1.82. The maximum Gasteiger partial charge on any atom is 0.414 e. The second-order valence-corrected chi connectivity index (χ2v) is 6.07. The van der Waals surface area contributed by atoms with Gasteiger partial charge in [0.05, 0.1) is 13.2 Å². The molecule has 4 N–H and O–H groups in total. The highest BCUT2D eigenvalue weighted by Gasteiger charge is 2.07. The molecule has 2 rings (SSSR count). The molecule has 0 fully saturated rings. The van der Waals surface area contributed by atoms with Crippen molar-refractivity contribution >= 4 is 11.9 Å². The fourth-order valence-electron chi connectivity index (χ4n) is 2.37. The fraction of sp³-hybridized carbons (Fsp3) is 0.333. The standard InChI is InChI=1S/C19H24FNO3.C2H2O4/c1-23-18-6-2-3-7-19(18)24-14-13-21-12-4-5-17(22)15-8-10-16(20)11-9-15;3-1(4)2(5)6/h2-3,6-11,17,21-22H,4-5,12-14H2,1H3;(H,3,4)(H,5,6). The van der Waals surface area contributed by atoms with Crippen molar-refractivity contribution in [1.82, 2.24) is 5.32 Å². The molecule has 0 aliphatic carbocycles. The molecule has 0 spiro atoms. The van der Waals surface area contributed by atoms with E-state index in [1.165, 1.54) is 12.1 Å². The molecule has 0 saturated carbocycles. The fourth-order valence-corrected chi connectivity index (χ4v) is 2.37. The first-order chi connectivity index (χ1) is 14.3. The molecule has 0 heterocycles. The van der Waals surface area contributed by atoms with Gasteiger partial charge in [0.15, 0.2) is 11.5 Å². The van der Waals surface area contributed by atoms with Crippen molar-refractivity contribution in [2.45, 2.75) is 18.9 Å². The highest BCUT2D eigenvalue weighted by Crippen LogP contribution is 2.25. The average molecular weight is 423 g/mol. The monoisotopic (exact) mass is 423 g/mol. The molecule has 1 atom stereocenters. The van der Waals surface area contributed by atoms with Crippen LogP contribution >= 0.6 is 0 Å². The number of carboxylic acid groups (broad SMARTS) is 2. The van der Waals surface area contributed by atoms with Crippen LogP contribution < -0.4 is 14.8 Å². The molecule has 30 heavy (non-hydrogen) atoms. The van der Waals surface area contributed by atoms with E-state index in [-0.39, 0.29) is 5.82 Å². The zero-order valence-corrected chi connectivity index (χ0v) is 16.6. The third-order valence-corrected chi connectivity index (χ3v) is 3.87. The lowest BCUT2D eigenvalue weighted by Crippen LogP contribution is -2.22. The van der Waals surface area contributed by atoms with Crippen molar-refractivity contribution in [3.05, 3.63) is 59.9 Å². The van der Waals surface area contributed by atoms with E-state index in [9.17, 15) is 9.50 Å². The lowest BCUT2D eigenvalue weighted by atomic mass is 10.1. The molecule has 0 aliphatic heterocycles. The van der Waals surface area contributed by atoms with Crippen molar-refractivity contribution in [2.75, 3.05) is 26.8 Å². The summed E-state index contributed by atoms with van der Waals surface area (Å²) in [5, 5.41) is 28.1. The van der Waals surface area contributed by atoms with Crippen molar-refractivity contribution in [2.24, 2.45) is 0 Å². The first-order valence-corrected chi connectivity index (χ1v) is 9.21. The molecule has 1 unspecified atom stereocenters. The SMILES string of the molecule is COc1ccccc1OCCNCCCC(O)c1ccc(F)cc1.O=C(O)C(=O)O. The number of ether oxygens (including phenoxy) is 2. The summed E-state index contributed by atoms with van der Waals surface area (Å²) in [6, 6.07) is 13.5. The quantitative estimate of drug-likeness (QED) is 0.339. The van der Waals surface area contributed by atoms with Crippen LogP contribution in [0.2, 0.25) is 0 Å². The van der Waals surface area contributed by atoms with Gasteiger partial charge in [0, 0.05) is 6.54 Å². The zero-order valence-electron chi connectivity index (χ0n) is 16.6. The van der Waals surface area contributed by atoms with Gasteiger partial charge in [-0.15, -0.1) is 0 Å². The van der Waals surface area contributed by atoms with E-state index in [1.807, 2.05) is 24.3 Å². The smallest absolute Gasteiger partial charge is 0.414 e. The summed E-state index contributed by atoms with van der Waals surface area (Å²) < 4.78 is 23.7. The highest BCUT2D eigenvalue weighted by atomic mass is 19.1. The summed E-state index contributed by atoms with van der Waals surface area (Å²) in [5.41, 5.74) is 0.746. The lowest BCUT2D eigenvalue weighted by molar-refractivity contribution is -0.159. The van der Waals surface area contributed by atoms with Crippen LogP contribution in [0.25, 0.3) is 0 Å². The Bertz CT molecular complexity index is 771. The minimum Gasteiger partial charge on any atom is -0.493 e. The van der Waals surface area contributed by atoms with Gasteiger partial charge in [0.2, 0.25) is 0 Å². The number of hydrogen-bond acceptors (Lipinski definition) is 6. The number of nitrogens with one attached hydrogen (secondary N) is 1. The van der Waals surface area contributed by atoms with E-state index in [2.05, 4.69) is 5.32 Å². The first-order valence-electron chi connectivity index (χ1n) is 9.21. The highest BCUT2D eigenvalue weighted by molar-refractivity contribution is 6.27. The average Bonchev–Trinajstić information content (AvgIpc) is 2.74. The summed E-state index contributed by atoms with van der Waals surface area (Å²) >= 11 is 0. The van der Waals surface area contributed by atoms with Crippen molar-refractivity contribution in [1.29, 1.82) is 0 Å². The number of hydrogen-bond donors (Lipinski definition) is 4. The second-order valence-electron chi connectivity index (χ2n) is 6.07. The Morgan fingerprint density at radius 1 is 1.00 bits per heavy atom. The molecule has 8 nitrogen and oxygen atoms in total. The normalized spacial score (nSPS) is 11.0. The van der Waals surface area contributed by atoms with Crippen LogP contribution in [0, 0.1) is 5.82 Å². The van der Waals surface area contributed by atoms with E-state index >= 15 is 0 Å². The number of carboxylic acids is 2. The molecule has 0 bridgehead atoms. The Balaban J connectivity index is 0.000000656. The maximum absolute atomic E-state index is 12.8. The lowest BCUT2D eigenvalue weighted by Gasteiger charge is -2.12. The van der Waals surface area contributed by atoms with E-state index < -0.39 is 18.0 Å². The largest absolute Gasteiger partial charge is 0.493 e. The van der Waals surface area contributed by atoms with Crippen LogP contribution in [0.3, 0.4) is 0 Å². The summed E-state index contributed by atoms with van der Waals surface area (Å²) in [6.45, 7) is 2.04. The van der Waals surface area contributed by atoms with Crippen molar-refractivity contribution < 1.29 is 38.8 Å². The summed E-state index contributed by atoms with van der Waals surface area (Å²) in [6.07, 6.45) is 0.899. The number of rotatable bonds is 10. The predicted molar refractivity (Wildman–Crippen MR) is 107 cm³/mol. The molecule has 0 radical (unpaired) electrons. The number of carbonyl (C=O) groups is 2. The number of benzene rings is 2. The van der Waals surface area contributed by atoms with Gasteiger partial charge in [-0.1, -0.05) is 24.3 Å².